The monoisotopic (exact) mass is 286 g/mol. The zero-order valence-electron chi connectivity index (χ0n) is 9.29. The van der Waals surface area contributed by atoms with Crippen LogP contribution in [0.1, 0.15) is 24.4 Å². The molecule has 0 spiro atoms. The lowest BCUT2D eigenvalue weighted by Gasteiger charge is -2.27. The molecule has 0 radical (unpaired) electrons. The summed E-state index contributed by atoms with van der Waals surface area (Å²) in [6.07, 6.45) is 2.39. The normalized spacial score (nSPS) is 17.8. The van der Waals surface area contributed by atoms with Gasteiger partial charge in [0.2, 0.25) is 0 Å². The number of hydrogen-bond acceptors (Lipinski definition) is 2. The van der Waals surface area contributed by atoms with E-state index in [0.29, 0.717) is 18.2 Å². The quantitative estimate of drug-likeness (QED) is 0.922. The molecule has 1 aliphatic rings. The smallest absolute Gasteiger partial charge is 0.128 e. The Morgan fingerprint density at radius 2 is 2.25 bits per heavy atom. The fourth-order valence-corrected chi connectivity index (χ4v) is 2.40. The fraction of sp³-hybridized carbons (Fsp3) is 0.500. The second kappa shape index (κ2) is 4.82. The maximum atomic E-state index is 13.7. The minimum Gasteiger partial charge on any atom is -0.329 e. The van der Waals surface area contributed by atoms with E-state index in [9.17, 15) is 4.39 Å². The van der Waals surface area contributed by atoms with Crippen LogP contribution in [-0.4, -0.2) is 24.5 Å². The third-order valence-corrected chi connectivity index (χ3v) is 3.65. The van der Waals surface area contributed by atoms with E-state index in [2.05, 4.69) is 20.8 Å². The maximum absolute atomic E-state index is 13.7. The molecule has 2 rings (SSSR count). The molecule has 1 unspecified atom stereocenters. The highest BCUT2D eigenvalue weighted by molar-refractivity contribution is 9.10. The Bertz CT molecular complexity index is 379. The van der Waals surface area contributed by atoms with Gasteiger partial charge >= 0.3 is 0 Å². The van der Waals surface area contributed by atoms with Crippen molar-refractivity contribution in [2.45, 2.75) is 24.9 Å². The van der Waals surface area contributed by atoms with Crippen molar-refractivity contribution in [3.8, 4) is 0 Å². The second-order valence-corrected chi connectivity index (χ2v) is 5.23. The van der Waals surface area contributed by atoms with Gasteiger partial charge in [0.15, 0.2) is 0 Å². The highest BCUT2D eigenvalue weighted by Gasteiger charge is 2.32. The molecule has 2 nitrogen and oxygen atoms in total. The molecule has 1 atom stereocenters. The van der Waals surface area contributed by atoms with Gasteiger partial charge in [-0.05, 0) is 38.1 Å². The molecule has 1 fully saturated rings. The van der Waals surface area contributed by atoms with E-state index in [1.165, 1.54) is 18.9 Å². The molecule has 1 aromatic rings. The molecule has 0 aliphatic heterocycles. The van der Waals surface area contributed by atoms with E-state index in [1.807, 2.05) is 13.1 Å². The zero-order valence-corrected chi connectivity index (χ0v) is 10.9. The molecule has 0 saturated heterocycles. The van der Waals surface area contributed by atoms with Crippen molar-refractivity contribution in [3.05, 3.63) is 34.1 Å². The van der Waals surface area contributed by atoms with Gasteiger partial charge in [-0.3, -0.25) is 4.90 Å². The average molecular weight is 287 g/mol. The maximum Gasteiger partial charge on any atom is 0.128 e. The van der Waals surface area contributed by atoms with E-state index >= 15 is 0 Å². The summed E-state index contributed by atoms with van der Waals surface area (Å²) >= 11 is 3.37. The number of hydrogen-bond donors (Lipinski definition) is 1. The van der Waals surface area contributed by atoms with Crippen molar-refractivity contribution in [2.24, 2.45) is 5.73 Å². The number of benzene rings is 1. The van der Waals surface area contributed by atoms with Crippen molar-refractivity contribution in [1.29, 1.82) is 0 Å². The molecule has 88 valence electrons. The summed E-state index contributed by atoms with van der Waals surface area (Å²) in [6, 6.07) is 5.58. The Kier molecular flexibility index (Phi) is 3.62. The minimum absolute atomic E-state index is 0.0231. The molecule has 0 amide bonds. The van der Waals surface area contributed by atoms with E-state index in [1.54, 1.807) is 6.07 Å². The molecule has 1 saturated carbocycles. The van der Waals surface area contributed by atoms with Crippen LogP contribution in [-0.2, 0) is 0 Å². The molecule has 1 aliphatic carbocycles. The van der Waals surface area contributed by atoms with Crippen LogP contribution >= 0.6 is 15.9 Å². The van der Waals surface area contributed by atoms with Crippen LogP contribution in [0.3, 0.4) is 0 Å². The van der Waals surface area contributed by atoms with Crippen LogP contribution in [0.15, 0.2) is 22.7 Å². The third kappa shape index (κ3) is 2.44. The number of nitrogens with zero attached hydrogens (tertiary/aromatic N) is 1. The number of halogens is 2. The van der Waals surface area contributed by atoms with Crippen LogP contribution in [0, 0.1) is 5.82 Å². The molecular weight excluding hydrogens is 271 g/mol. The van der Waals surface area contributed by atoms with Gasteiger partial charge in [-0.2, -0.15) is 0 Å². The summed E-state index contributed by atoms with van der Waals surface area (Å²) < 4.78 is 14.6. The van der Waals surface area contributed by atoms with Gasteiger partial charge in [0.1, 0.15) is 5.82 Å². The number of rotatable bonds is 4. The topological polar surface area (TPSA) is 29.3 Å². The second-order valence-electron chi connectivity index (χ2n) is 4.31. The predicted molar refractivity (Wildman–Crippen MR) is 66.7 cm³/mol. The molecule has 1 aromatic carbocycles. The Morgan fingerprint density at radius 3 is 2.81 bits per heavy atom. The predicted octanol–water partition coefficient (Wildman–Crippen LogP) is 2.68. The molecule has 0 aromatic heterocycles. The van der Waals surface area contributed by atoms with E-state index in [-0.39, 0.29) is 11.9 Å². The molecule has 2 N–H and O–H groups in total. The van der Waals surface area contributed by atoms with Gasteiger partial charge in [0.05, 0.1) is 0 Å². The van der Waals surface area contributed by atoms with Gasteiger partial charge in [0, 0.05) is 28.7 Å². The SMILES string of the molecule is CN(C1CC1)C(CN)c1cc(Br)ccc1F. The van der Waals surface area contributed by atoms with E-state index in [4.69, 9.17) is 5.73 Å². The zero-order chi connectivity index (χ0) is 11.7. The highest BCUT2D eigenvalue weighted by Crippen LogP contribution is 2.33. The third-order valence-electron chi connectivity index (χ3n) is 3.15. The average Bonchev–Trinajstić information content (AvgIpc) is 3.07. The summed E-state index contributed by atoms with van der Waals surface area (Å²) in [5.74, 6) is -0.175. The van der Waals surface area contributed by atoms with Crippen LogP contribution < -0.4 is 5.73 Å². The molecule has 4 heteroatoms. The minimum atomic E-state index is -0.175. The van der Waals surface area contributed by atoms with Gasteiger partial charge in [-0.25, -0.2) is 4.39 Å². The van der Waals surface area contributed by atoms with Gasteiger partial charge in [-0.1, -0.05) is 15.9 Å². The number of likely N-dealkylation sites (N-methyl/N-ethyl adjacent to an activating group) is 1. The van der Waals surface area contributed by atoms with Gasteiger partial charge < -0.3 is 5.73 Å². The summed E-state index contributed by atoms with van der Waals surface area (Å²) in [5.41, 5.74) is 6.45. The van der Waals surface area contributed by atoms with Gasteiger partial charge in [0.25, 0.3) is 0 Å². The Hall–Kier alpha value is -0.450. The van der Waals surface area contributed by atoms with Crippen LogP contribution in [0.2, 0.25) is 0 Å². The standard InChI is InChI=1S/C12H16BrFN2/c1-16(9-3-4-9)12(7-15)10-6-8(13)2-5-11(10)14/h2,5-6,9,12H,3-4,7,15H2,1H3. The van der Waals surface area contributed by atoms with Crippen molar-refractivity contribution in [1.82, 2.24) is 4.90 Å². The van der Waals surface area contributed by atoms with Crippen molar-refractivity contribution in [3.63, 3.8) is 0 Å². The Labute approximate surface area is 104 Å². The first-order valence-electron chi connectivity index (χ1n) is 5.50. The first-order valence-corrected chi connectivity index (χ1v) is 6.29. The summed E-state index contributed by atoms with van der Waals surface area (Å²) in [6.45, 7) is 0.445. The lowest BCUT2D eigenvalue weighted by Crippen LogP contribution is -2.32. The summed E-state index contributed by atoms with van der Waals surface area (Å²) in [7, 11) is 2.02. The van der Waals surface area contributed by atoms with Crippen molar-refractivity contribution >= 4 is 15.9 Å². The lowest BCUT2D eigenvalue weighted by molar-refractivity contribution is 0.235. The summed E-state index contributed by atoms with van der Waals surface area (Å²) in [4.78, 5) is 2.19. The summed E-state index contributed by atoms with van der Waals surface area (Å²) in [5, 5.41) is 0. The largest absolute Gasteiger partial charge is 0.329 e. The molecule has 16 heavy (non-hydrogen) atoms. The first-order chi connectivity index (χ1) is 7.63. The van der Waals surface area contributed by atoms with Crippen LogP contribution in [0.5, 0.6) is 0 Å². The van der Waals surface area contributed by atoms with E-state index in [0.717, 1.165) is 4.47 Å². The van der Waals surface area contributed by atoms with Crippen LogP contribution in [0.4, 0.5) is 4.39 Å². The highest BCUT2D eigenvalue weighted by atomic mass is 79.9. The van der Waals surface area contributed by atoms with Crippen LogP contribution in [0.25, 0.3) is 0 Å². The van der Waals surface area contributed by atoms with E-state index < -0.39 is 0 Å². The number of nitrogens with two attached hydrogens (primary N) is 1. The van der Waals surface area contributed by atoms with Gasteiger partial charge in [-0.15, -0.1) is 0 Å². The van der Waals surface area contributed by atoms with Crippen molar-refractivity contribution < 1.29 is 4.39 Å². The Morgan fingerprint density at radius 1 is 1.56 bits per heavy atom. The molecule has 0 bridgehead atoms. The lowest BCUT2D eigenvalue weighted by atomic mass is 10.1. The Balaban J connectivity index is 2.27. The van der Waals surface area contributed by atoms with Crippen molar-refractivity contribution in [2.75, 3.05) is 13.6 Å². The molecule has 0 heterocycles. The first kappa shape index (κ1) is 12.0. The molecular formula is C12H16BrFN2. The fourth-order valence-electron chi connectivity index (χ4n) is 2.02.